The lowest BCUT2D eigenvalue weighted by atomic mass is 10.1. The Kier molecular flexibility index (Phi) is 3.70. The standard InChI is InChI=1S/C12H12.C2H5/c1-9-3-5-12-8-10(2)4-6-11(12)7-9;1-2/h3-8H,1-2H3;1H2,2H3. The predicted molar refractivity (Wildman–Crippen MR) is 64.5 cm³/mol. The molecule has 0 N–H and O–H groups in total. The Balaban J connectivity index is 0.000000461. The van der Waals surface area contributed by atoms with Crippen LogP contribution in [0.2, 0.25) is 0 Å². The zero-order chi connectivity index (χ0) is 10.6. The third-order valence-electron chi connectivity index (χ3n) is 2.15. The molecule has 0 fully saturated rings. The lowest BCUT2D eigenvalue weighted by Gasteiger charge is -1.99. The van der Waals surface area contributed by atoms with Crippen molar-refractivity contribution < 1.29 is 0 Å². The van der Waals surface area contributed by atoms with E-state index in [4.69, 9.17) is 0 Å². The van der Waals surface area contributed by atoms with Gasteiger partial charge in [0, 0.05) is 0 Å². The maximum absolute atomic E-state index is 3.25. The third kappa shape index (κ3) is 2.35. The minimum absolute atomic E-state index is 1.33. The first-order valence-corrected chi connectivity index (χ1v) is 4.93. The van der Waals surface area contributed by atoms with Gasteiger partial charge in [0.2, 0.25) is 0 Å². The van der Waals surface area contributed by atoms with Gasteiger partial charge >= 0.3 is 0 Å². The smallest absolute Gasteiger partial charge is 0.0181 e. The van der Waals surface area contributed by atoms with Gasteiger partial charge in [-0.15, -0.1) is 0 Å². The Morgan fingerprint density at radius 2 is 1.07 bits per heavy atom. The van der Waals surface area contributed by atoms with Crippen LogP contribution in [0.15, 0.2) is 36.4 Å². The largest absolute Gasteiger partial charge is 0.0654 e. The molecule has 2 aromatic rings. The van der Waals surface area contributed by atoms with Crippen molar-refractivity contribution in [3.05, 3.63) is 54.4 Å². The van der Waals surface area contributed by atoms with E-state index in [-0.39, 0.29) is 0 Å². The maximum atomic E-state index is 3.25. The SMILES string of the molecule is Cc1ccc2cc(C)ccc2c1.[CH2]C. The maximum Gasteiger partial charge on any atom is -0.0181 e. The van der Waals surface area contributed by atoms with Crippen LogP contribution in [0.1, 0.15) is 18.1 Å². The van der Waals surface area contributed by atoms with Crippen LogP contribution in [-0.4, -0.2) is 0 Å². The highest BCUT2D eigenvalue weighted by Crippen LogP contribution is 2.16. The Bertz CT molecular complexity index is 372. The van der Waals surface area contributed by atoms with E-state index in [9.17, 15) is 0 Å². The highest BCUT2D eigenvalue weighted by molar-refractivity contribution is 5.83. The molecule has 0 atom stereocenters. The summed E-state index contributed by atoms with van der Waals surface area (Å²) in [5.74, 6) is 0. The molecule has 0 spiro atoms. The van der Waals surface area contributed by atoms with Crippen LogP contribution < -0.4 is 0 Å². The van der Waals surface area contributed by atoms with E-state index in [1.54, 1.807) is 6.92 Å². The zero-order valence-corrected chi connectivity index (χ0v) is 9.17. The minimum Gasteiger partial charge on any atom is -0.0654 e. The summed E-state index contributed by atoms with van der Waals surface area (Å²) < 4.78 is 0. The van der Waals surface area contributed by atoms with E-state index in [1.807, 2.05) is 0 Å². The van der Waals surface area contributed by atoms with Crippen LogP contribution in [0.3, 0.4) is 0 Å². The average Bonchev–Trinajstić information content (AvgIpc) is 2.21. The molecule has 0 saturated heterocycles. The topological polar surface area (TPSA) is 0 Å². The molecule has 0 aliphatic carbocycles. The van der Waals surface area contributed by atoms with Gasteiger partial charge in [-0.3, -0.25) is 0 Å². The van der Waals surface area contributed by atoms with Crippen LogP contribution in [0, 0.1) is 20.8 Å². The summed E-state index contributed by atoms with van der Waals surface area (Å²) in [5.41, 5.74) is 2.65. The second-order valence-corrected chi connectivity index (χ2v) is 3.35. The molecule has 0 aliphatic heterocycles. The molecule has 73 valence electrons. The van der Waals surface area contributed by atoms with Gasteiger partial charge in [0.15, 0.2) is 0 Å². The number of aryl methyl sites for hydroxylation is 2. The van der Waals surface area contributed by atoms with Gasteiger partial charge in [0.25, 0.3) is 0 Å². The van der Waals surface area contributed by atoms with Crippen molar-refractivity contribution in [1.82, 2.24) is 0 Å². The molecule has 0 bridgehead atoms. The van der Waals surface area contributed by atoms with Gasteiger partial charge in [0.1, 0.15) is 0 Å². The first-order chi connectivity index (χ1) is 6.75. The van der Waals surface area contributed by atoms with Gasteiger partial charge in [-0.05, 0) is 24.6 Å². The summed E-state index contributed by atoms with van der Waals surface area (Å²) >= 11 is 0. The van der Waals surface area contributed by atoms with Crippen LogP contribution in [0.25, 0.3) is 10.8 Å². The van der Waals surface area contributed by atoms with Crippen molar-refractivity contribution in [3.63, 3.8) is 0 Å². The Morgan fingerprint density at radius 1 is 0.714 bits per heavy atom. The van der Waals surface area contributed by atoms with Crippen LogP contribution >= 0.6 is 0 Å². The number of rotatable bonds is 0. The van der Waals surface area contributed by atoms with Gasteiger partial charge in [0.05, 0.1) is 0 Å². The molecule has 2 rings (SSSR count). The van der Waals surface area contributed by atoms with E-state index in [1.165, 1.54) is 21.9 Å². The fourth-order valence-corrected chi connectivity index (χ4v) is 1.48. The second-order valence-electron chi connectivity index (χ2n) is 3.35. The summed E-state index contributed by atoms with van der Waals surface area (Å²) in [6.45, 7) is 9.25. The summed E-state index contributed by atoms with van der Waals surface area (Å²) in [6, 6.07) is 13.1. The first-order valence-electron chi connectivity index (χ1n) is 4.93. The highest BCUT2D eigenvalue weighted by atomic mass is 14.0. The number of benzene rings is 2. The third-order valence-corrected chi connectivity index (χ3v) is 2.15. The number of hydrogen-bond acceptors (Lipinski definition) is 0. The summed E-state index contributed by atoms with van der Waals surface area (Å²) in [4.78, 5) is 0. The highest BCUT2D eigenvalue weighted by Gasteiger charge is 1.92. The van der Waals surface area contributed by atoms with Crippen molar-refractivity contribution in [2.75, 3.05) is 0 Å². The summed E-state index contributed by atoms with van der Waals surface area (Å²) in [6.07, 6.45) is 0. The van der Waals surface area contributed by atoms with Crippen molar-refractivity contribution in [2.24, 2.45) is 0 Å². The van der Waals surface area contributed by atoms with Crippen molar-refractivity contribution in [1.29, 1.82) is 0 Å². The van der Waals surface area contributed by atoms with Crippen molar-refractivity contribution in [2.45, 2.75) is 20.8 Å². The monoisotopic (exact) mass is 185 g/mol. The lowest BCUT2D eigenvalue weighted by Crippen LogP contribution is -1.76. The second kappa shape index (κ2) is 4.80. The Labute approximate surface area is 86.6 Å². The summed E-state index contributed by atoms with van der Waals surface area (Å²) in [7, 11) is 0. The Morgan fingerprint density at radius 3 is 1.43 bits per heavy atom. The molecule has 0 nitrogen and oxygen atoms in total. The molecule has 0 aromatic heterocycles. The predicted octanol–water partition coefficient (Wildman–Crippen LogP) is 4.30. The molecule has 0 saturated carbocycles. The zero-order valence-electron chi connectivity index (χ0n) is 9.17. The van der Waals surface area contributed by atoms with E-state index in [0.29, 0.717) is 0 Å². The minimum atomic E-state index is 1.33. The van der Waals surface area contributed by atoms with Gasteiger partial charge in [-0.1, -0.05) is 61.4 Å². The van der Waals surface area contributed by atoms with E-state index < -0.39 is 0 Å². The number of hydrogen-bond donors (Lipinski definition) is 0. The normalized spacial score (nSPS) is 9.43. The molecule has 0 heteroatoms. The van der Waals surface area contributed by atoms with Crippen LogP contribution in [0.4, 0.5) is 0 Å². The molecule has 2 aromatic carbocycles. The van der Waals surface area contributed by atoms with E-state index in [0.717, 1.165) is 0 Å². The fraction of sp³-hybridized carbons (Fsp3) is 0.214. The molecule has 0 aliphatic rings. The quantitative estimate of drug-likeness (QED) is 0.574. The van der Waals surface area contributed by atoms with Crippen LogP contribution in [-0.2, 0) is 0 Å². The Hall–Kier alpha value is -1.30. The van der Waals surface area contributed by atoms with E-state index >= 15 is 0 Å². The van der Waals surface area contributed by atoms with E-state index in [2.05, 4.69) is 57.2 Å². The van der Waals surface area contributed by atoms with Crippen molar-refractivity contribution >= 4 is 10.8 Å². The van der Waals surface area contributed by atoms with Gasteiger partial charge in [-0.2, -0.15) is 0 Å². The molecule has 14 heavy (non-hydrogen) atoms. The number of fused-ring (bicyclic) bond motifs is 1. The molecule has 0 unspecified atom stereocenters. The lowest BCUT2D eigenvalue weighted by molar-refractivity contribution is 1.47. The molecule has 0 amide bonds. The average molecular weight is 185 g/mol. The molecular formula is C14H17. The fourth-order valence-electron chi connectivity index (χ4n) is 1.48. The van der Waals surface area contributed by atoms with Gasteiger partial charge in [-0.25, -0.2) is 0 Å². The molecule has 1 radical (unpaired) electrons. The van der Waals surface area contributed by atoms with Gasteiger partial charge < -0.3 is 0 Å². The van der Waals surface area contributed by atoms with Crippen molar-refractivity contribution in [3.8, 4) is 0 Å². The van der Waals surface area contributed by atoms with Crippen LogP contribution in [0.5, 0.6) is 0 Å². The molecule has 0 heterocycles. The first kappa shape index (κ1) is 10.8. The molecular weight excluding hydrogens is 168 g/mol. The summed E-state index contributed by atoms with van der Waals surface area (Å²) in [5, 5.41) is 2.67.